The molecule has 0 amide bonds. The van der Waals surface area contributed by atoms with Crippen LogP contribution in [0.25, 0.3) is 0 Å². The summed E-state index contributed by atoms with van der Waals surface area (Å²) in [5, 5.41) is 4.50. The number of carbonyl (C=O) groups is 1. The highest BCUT2D eigenvalue weighted by atomic mass is 35.5. The Balaban J connectivity index is 2.40. The van der Waals surface area contributed by atoms with Crippen LogP contribution in [0.4, 0.5) is 11.5 Å². The SMILES string of the molecule is CCOC(=O)c1cnc(SC)nc1Nc1ccc(Cl)cc1Cl. The van der Waals surface area contributed by atoms with E-state index in [1.807, 2.05) is 6.26 Å². The molecule has 5 nitrogen and oxygen atoms in total. The van der Waals surface area contributed by atoms with Crippen LogP contribution in [0.2, 0.25) is 10.0 Å². The van der Waals surface area contributed by atoms with Crippen molar-refractivity contribution in [3.63, 3.8) is 0 Å². The van der Waals surface area contributed by atoms with Crippen molar-refractivity contribution in [3.8, 4) is 0 Å². The number of carbonyl (C=O) groups excluding carboxylic acids is 1. The number of hydrogen-bond acceptors (Lipinski definition) is 6. The van der Waals surface area contributed by atoms with E-state index in [1.165, 1.54) is 18.0 Å². The van der Waals surface area contributed by atoms with Crippen molar-refractivity contribution in [1.82, 2.24) is 9.97 Å². The molecule has 1 aromatic carbocycles. The van der Waals surface area contributed by atoms with Gasteiger partial charge in [0.2, 0.25) is 0 Å². The van der Waals surface area contributed by atoms with Crippen molar-refractivity contribution in [3.05, 3.63) is 40.0 Å². The fourth-order valence-electron chi connectivity index (χ4n) is 1.64. The third-order valence-corrected chi connectivity index (χ3v) is 3.74. The Labute approximate surface area is 142 Å². The van der Waals surface area contributed by atoms with Gasteiger partial charge in [0.15, 0.2) is 5.16 Å². The zero-order chi connectivity index (χ0) is 16.1. The van der Waals surface area contributed by atoms with Gasteiger partial charge in [-0.05, 0) is 31.4 Å². The Morgan fingerprint density at radius 3 is 2.82 bits per heavy atom. The Morgan fingerprint density at radius 2 is 2.18 bits per heavy atom. The van der Waals surface area contributed by atoms with E-state index < -0.39 is 5.97 Å². The molecule has 0 fully saturated rings. The van der Waals surface area contributed by atoms with E-state index in [0.29, 0.717) is 26.7 Å². The number of halogens is 2. The Morgan fingerprint density at radius 1 is 1.41 bits per heavy atom. The number of benzene rings is 1. The summed E-state index contributed by atoms with van der Waals surface area (Å²) < 4.78 is 5.01. The molecule has 0 aliphatic carbocycles. The van der Waals surface area contributed by atoms with Gasteiger partial charge in [0.1, 0.15) is 11.4 Å². The van der Waals surface area contributed by atoms with Crippen LogP contribution in [0.5, 0.6) is 0 Å². The van der Waals surface area contributed by atoms with Gasteiger partial charge in [-0.2, -0.15) is 0 Å². The van der Waals surface area contributed by atoms with E-state index in [0.717, 1.165) is 0 Å². The second-order valence-electron chi connectivity index (χ2n) is 4.09. The molecule has 0 saturated heterocycles. The molecule has 1 aromatic heterocycles. The van der Waals surface area contributed by atoms with Gasteiger partial charge in [-0.25, -0.2) is 14.8 Å². The summed E-state index contributed by atoms with van der Waals surface area (Å²) in [7, 11) is 0. The third kappa shape index (κ3) is 4.03. The van der Waals surface area contributed by atoms with E-state index in [4.69, 9.17) is 27.9 Å². The summed E-state index contributed by atoms with van der Waals surface area (Å²) in [6, 6.07) is 5.00. The molecule has 0 saturated carbocycles. The van der Waals surface area contributed by atoms with Gasteiger partial charge in [-0.1, -0.05) is 35.0 Å². The molecule has 116 valence electrons. The van der Waals surface area contributed by atoms with Crippen molar-refractivity contribution < 1.29 is 9.53 Å². The summed E-state index contributed by atoms with van der Waals surface area (Å²) >= 11 is 13.4. The minimum Gasteiger partial charge on any atom is -0.462 e. The van der Waals surface area contributed by atoms with Crippen molar-refractivity contribution >= 4 is 52.4 Å². The molecular formula is C14H13Cl2N3O2S. The minimum absolute atomic E-state index is 0.241. The highest BCUT2D eigenvalue weighted by Crippen LogP contribution is 2.29. The second-order valence-corrected chi connectivity index (χ2v) is 5.71. The lowest BCUT2D eigenvalue weighted by atomic mass is 10.2. The quantitative estimate of drug-likeness (QED) is 0.485. The highest BCUT2D eigenvalue weighted by Gasteiger charge is 2.17. The lowest BCUT2D eigenvalue weighted by Gasteiger charge is -2.12. The first kappa shape index (κ1) is 16.9. The van der Waals surface area contributed by atoms with Crippen LogP contribution in [-0.4, -0.2) is 28.8 Å². The maximum atomic E-state index is 12.0. The van der Waals surface area contributed by atoms with Crippen molar-refractivity contribution in [2.24, 2.45) is 0 Å². The van der Waals surface area contributed by atoms with Gasteiger partial charge >= 0.3 is 5.97 Å². The smallest absolute Gasteiger partial charge is 0.343 e. The summed E-state index contributed by atoms with van der Waals surface area (Å²) in [6.07, 6.45) is 3.28. The van der Waals surface area contributed by atoms with Crippen molar-refractivity contribution in [2.45, 2.75) is 12.1 Å². The number of hydrogen-bond donors (Lipinski definition) is 1. The molecule has 0 bridgehead atoms. The molecule has 0 aliphatic rings. The standard InChI is InChI=1S/C14H13Cl2N3O2S/c1-3-21-13(20)9-7-17-14(22-2)19-12(9)18-11-5-4-8(15)6-10(11)16/h4-7H,3H2,1-2H3,(H,17,18,19). The topological polar surface area (TPSA) is 64.1 Å². The second kappa shape index (κ2) is 7.67. The molecule has 0 radical (unpaired) electrons. The normalized spacial score (nSPS) is 10.4. The van der Waals surface area contributed by atoms with E-state index >= 15 is 0 Å². The molecule has 0 spiro atoms. The molecule has 0 aliphatic heterocycles. The lowest BCUT2D eigenvalue weighted by molar-refractivity contribution is 0.0526. The van der Waals surface area contributed by atoms with Crippen molar-refractivity contribution in [2.75, 3.05) is 18.2 Å². The molecule has 1 heterocycles. The first-order chi connectivity index (χ1) is 10.5. The molecule has 8 heteroatoms. The molecule has 2 rings (SSSR count). The largest absolute Gasteiger partial charge is 0.462 e. The van der Waals surface area contributed by atoms with Crippen LogP contribution in [0.15, 0.2) is 29.6 Å². The summed E-state index contributed by atoms with van der Waals surface area (Å²) in [6.45, 7) is 2.00. The zero-order valence-corrected chi connectivity index (χ0v) is 14.2. The van der Waals surface area contributed by atoms with Crippen LogP contribution < -0.4 is 5.32 Å². The molecule has 22 heavy (non-hydrogen) atoms. The first-order valence-electron chi connectivity index (χ1n) is 6.35. The summed E-state index contributed by atoms with van der Waals surface area (Å²) in [5.41, 5.74) is 0.827. The fraction of sp³-hybridized carbons (Fsp3) is 0.214. The van der Waals surface area contributed by atoms with Crippen LogP contribution in [0, 0.1) is 0 Å². The minimum atomic E-state index is -0.497. The number of rotatable bonds is 5. The molecule has 2 aromatic rings. The number of thioether (sulfide) groups is 1. The van der Waals surface area contributed by atoms with Gasteiger partial charge < -0.3 is 10.1 Å². The Bertz CT molecular complexity index is 698. The lowest BCUT2D eigenvalue weighted by Crippen LogP contribution is -2.11. The number of esters is 1. The van der Waals surface area contributed by atoms with Crippen LogP contribution in [0.3, 0.4) is 0 Å². The van der Waals surface area contributed by atoms with Gasteiger partial charge in [0.05, 0.1) is 17.3 Å². The average Bonchev–Trinajstić information content (AvgIpc) is 2.50. The summed E-state index contributed by atoms with van der Waals surface area (Å²) in [5.74, 6) is -0.162. The molecular weight excluding hydrogens is 345 g/mol. The first-order valence-corrected chi connectivity index (χ1v) is 8.33. The van der Waals surface area contributed by atoms with Crippen LogP contribution in [-0.2, 0) is 4.74 Å². The summed E-state index contributed by atoms with van der Waals surface area (Å²) in [4.78, 5) is 20.4. The number of nitrogens with zero attached hydrogens (tertiary/aromatic N) is 2. The van der Waals surface area contributed by atoms with E-state index in [9.17, 15) is 4.79 Å². The van der Waals surface area contributed by atoms with E-state index in [2.05, 4.69) is 15.3 Å². The predicted octanol–water partition coefficient (Wildman–Crippen LogP) is 4.43. The number of aromatic nitrogens is 2. The molecule has 0 unspecified atom stereocenters. The highest BCUT2D eigenvalue weighted by molar-refractivity contribution is 7.98. The zero-order valence-electron chi connectivity index (χ0n) is 11.9. The van der Waals surface area contributed by atoms with E-state index in [1.54, 1.807) is 25.1 Å². The van der Waals surface area contributed by atoms with Gasteiger partial charge in [0.25, 0.3) is 0 Å². The number of anilines is 2. The van der Waals surface area contributed by atoms with Crippen LogP contribution >= 0.6 is 35.0 Å². The fourth-order valence-corrected chi connectivity index (χ4v) is 2.43. The maximum absolute atomic E-state index is 12.0. The van der Waals surface area contributed by atoms with Gasteiger partial charge in [0, 0.05) is 11.2 Å². The molecule has 0 atom stereocenters. The van der Waals surface area contributed by atoms with Gasteiger partial charge in [-0.15, -0.1) is 0 Å². The van der Waals surface area contributed by atoms with Crippen LogP contribution in [0.1, 0.15) is 17.3 Å². The monoisotopic (exact) mass is 357 g/mol. The Kier molecular flexibility index (Phi) is 5.88. The maximum Gasteiger partial charge on any atom is 0.343 e. The third-order valence-electron chi connectivity index (χ3n) is 2.63. The number of ether oxygens (including phenoxy) is 1. The van der Waals surface area contributed by atoms with Crippen molar-refractivity contribution in [1.29, 1.82) is 0 Å². The van der Waals surface area contributed by atoms with Gasteiger partial charge in [-0.3, -0.25) is 0 Å². The molecule has 1 N–H and O–H groups in total. The van der Waals surface area contributed by atoms with E-state index in [-0.39, 0.29) is 12.2 Å². The predicted molar refractivity (Wildman–Crippen MR) is 89.5 cm³/mol. The Hall–Kier alpha value is -1.50. The average molecular weight is 358 g/mol. The number of nitrogens with one attached hydrogen (secondary N) is 1.